The molecule has 4 nitrogen and oxygen atoms in total. The molecular weight excluding hydrogens is 258 g/mol. The van der Waals surface area contributed by atoms with Crippen molar-refractivity contribution < 1.29 is 4.74 Å². The zero-order chi connectivity index (χ0) is 13.2. The molecule has 19 heavy (non-hydrogen) atoms. The Labute approximate surface area is 119 Å². The predicted octanol–water partition coefficient (Wildman–Crippen LogP) is 2.80. The highest BCUT2D eigenvalue weighted by atomic mass is 32.1. The summed E-state index contributed by atoms with van der Waals surface area (Å²) in [6.07, 6.45) is 5.21. The van der Waals surface area contributed by atoms with E-state index >= 15 is 0 Å². The Hall–Kier alpha value is -0.780. The molecule has 3 rings (SSSR count). The van der Waals surface area contributed by atoms with Crippen LogP contribution in [0.5, 0.6) is 0 Å². The molecule has 0 spiro atoms. The maximum absolute atomic E-state index is 5.83. The molecule has 1 unspecified atom stereocenters. The van der Waals surface area contributed by atoms with Gasteiger partial charge in [-0.1, -0.05) is 25.1 Å². The minimum absolute atomic E-state index is 0.0294. The third-order valence-corrected chi connectivity index (χ3v) is 4.36. The van der Waals surface area contributed by atoms with Crippen molar-refractivity contribution in [2.24, 2.45) is 0 Å². The molecule has 2 heterocycles. The molecule has 1 N–H and O–H groups in total. The summed E-state index contributed by atoms with van der Waals surface area (Å²) in [4.78, 5) is 10.2. The van der Waals surface area contributed by atoms with Gasteiger partial charge in [-0.3, -0.25) is 0 Å². The van der Waals surface area contributed by atoms with E-state index in [0.717, 1.165) is 25.5 Å². The van der Waals surface area contributed by atoms with Crippen LogP contribution in [-0.4, -0.2) is 41.6 Å². The van der Waals surface area contributed by atoms with Crippen molar-refractivity contribution in [3.8, 4) is 0 Å². The number of ether oxygens (including phenoxy) is 1. The highest BCUT2D eigenvalue weighted by Gasteiger charge is 2.24. The van der Waals surface area contributed by atoms with E-state index in [9.17, 15) is 0 Å². The number of hydrogen-bond donors (Lipinski definition) is 1. The molecule has 0 bridgehead atoms. The van der Waals surface area contributed by atoms with E-state index < -0.39 is 0 Å². The highest BCUT2D eigenvalue weighted by Crippen LogP contribution is 2.33. The molecule has 2 fully saturated rings. The monoisotopic (exact) mass is 279 g/mol. The lowest BCUT2D eigenvalue weighted by molar-refractivity contribution is -0.0256. The molecule has 1 atom stereocenters. The van der Waals surface area contributed by atoms with Gasteiger partial charge in [0.15, 0.2) is 0 Å². The van der Waals surface area contributed by atoms with Gasteiger partial charge in [-0.2, -0.15) is 0 Å². The van der Waals surface area contributed by atoms with E-state index in [1.807, 2.05) is 6.07 Å². The van der Waals surface area contributed by atoms with E-state index in [0.29, 0.717) is 10.6 Å². The molecule has 1 aromatic heterocycles. The maximum Gasteiger partial charge on any atom is 0.138 e. The van der Waals surface area contributed by atoms with Crippen molar-refractivity contribution in [2.45, 2.75) is 37.7 Å². The fourth-order valence-electron chi connectivity index (χ4n) is 3.05. The van der Waals surface area contributed by atoms with Gasteiger partial charge >= 0.3 is 0 Å². The standard InChI is InChI=1S/C14H21N3OS/c1-17-6-7-18-12(9-17)14-15-11(8-13(19)16-14)10-4-2-3-5-10/h8,10,12H,2-7,9H2,1H3,(H,15,16,19). The van der Waals surface area contributed by atoms with Gasteiger partial charge in [-0.05, 0) is 31.9 Å². The average Bonchev–Trinajstić information content (AvgIpc) is 2.92. The quantitative estimate of drug-likeness (QED) is 0.845. The second kappa shape index (κ2) is 5.69. The van der Waals surface area contributed by atoms with Gasteiger partial charge in [0.2, 0.25) is 0 Å². The van der Waals surface area contributed by atoms with E-state index in [2.05, 4.69) is 21.9 Å². The van der Waals surface area contributed by atoms with Crippen LogP contribution in [0.3, 0.4) is 0 Å². The Morgan fingerprint density at radius 1 is 1.42 bits per heavy atom. The van der Waals surface area contributed by atoms with Crippen molar-refractivity contribution >= 4 is 12.2 Å². The van der Waals surface area contributed by atoms with Gasteiger partial charge < -0.3 is 14.6 Å². The third-order valence-electron chi connectivity index (χ3n) is 4.15. The fraction of sp³-hybridized carbons (Fsp3) is 0.714. The zero-order valence-electron chi connectivity index (χ0n) is 11.4. The first-order chi connectivity index (χ1) is 9.22. The average molecular weight is 279 g/mol. The second-order valence-corrected chi connectivity index (χ2v) is 6.08. The minimum atomic E-state index is 0.0294. The largest absolute Gasteiger partial charge is 0.368 e. The Morgan fingerprint density at radius 3 is 2.95 bits per heavy atom. The summed E-state index contributed by atoms with van der Waals surface area (Å²) in [6.45, 7) is 2.63. The summed E-state index contributed by atoms with van der Waals surface area (Å²) in [7, 11) is 2.12. The van der Waals surface area contributed by atoms with Crippen LogP contribution in [0.1, 0.15) is 49.2 Å². The van der Waals surface area contributed by atoms with Crippen molar-refractivity contribution in [3.63, 3.8) is 0 Å². The molecule has 1 saturated heterocycles. The summed E-state index contributed by atoms with van der Waals surface area (Å²) in [5, 5.41) is 0. The molecule has 0 radical (unpaired) electrons. The van der Waals surface area contributed by atoms with Crippen LogP contribution < -0.4 is 0 Å². The lowest BCUT2D eigenvalue weighted by Gasteiger charge is -2.29. The van der Waals surface area contributed by atoms with Crippen LogP contribution in [0.4, 0.5) is 0 Å². The number of aromatic nitrogens is 2. The van der Waals surface area contributed by atoms with Gasteiger partial charge in [0.25, 0.3) is 0 Å². The maximum atomic E-state index is 5.83. The highest BCUT2D eigenvalue weighted by molar-refractivity contribution is 7.71. The SMILES string of the molecule is CN1CCOC(c2nc(=S)cc(C3CCCC3)[nH]2)C1. The lowest BCUT2D eigenvalue weighted by Crippen LogP contribution is -2.36. The minimum Gasteiger partial charge on any atom is -0.368 e. The lowest BCUT2D eigenvalue weighted by atomic mass is 10.0. The van der Waals surface area contributed by atoms with E-state index in [1.165, 1.54) is 31.4 Å². The number of likely N-dealkylation sites (N-methyl/N-ethyl adjacent to an activating group) is 1. The Morgan fingerprint density at radius 2 is 2.21 bits per heavy atom. The molecule has 104 valence electrons. The first-order valence-corrected chi connectivity index (χ1v) is 7.54. The molecule has 5 heteroatoms. The topological polar surface area (TPSA) is 41.1 Å². The van der Waals surface area contributed by atoms with E-state index in [-0.39, 0.29) is 6.10 Å². The van der Waals surface area contributed by atoms with Gasteiger partial charge in [0.1, 0.15) is 16.6 Å². The van der Waals surface area contributed by atoms with Crippen LogP contribution in [0.2, 0.25) is 0 Å². The molecule has 2 aliphatic rings. The molecule has 1 saturated carbocycles. The second-order valence-electron chi connectivity index (χ2n) is 5.66. The van der Waals surface area contributed by atoms with E-state index in [1.54, 1.807) is 0 Å². The van der Waals surface area contributed by atoms with Gasteiger partial charge in [0.05, 0.1) is 6.61 Å². The third kappa shape index (κ3) is 3.04. The fourth-order valence-corrected chi connectivity index (χ4v) is 3.27. The number of hydrogen-bond acceptors (Lipinski definition) is 4. The normalized spacial score (nSPS) is 25.8. The van der Waals surface area contributed by atoms with Gasteiger partial charge in [0, 0.05) is 18.8 Å². The summed E-state index contributed by atoms with van der Waals surface area (Å²) in [5.74, 6) is 1.53. The van der Waals surface area contributed by atoms with Crippen LogP contribution in [0.15, 0.2) is 6.07 Å². The first kappa shape index (κ1) is 13.2. The number of H-pyrrole nitrogens is 1. The summed E-state index contributed by atoms with van der Waals surface area (Å²) < 4.78 is 6.51. The number of nitrogens with one attached hydrogen (secondary N) is 1. The Kier molecular flexibility index (Phi) is 3.96. The summed E-state index contributed by atoms with van der Waals surface area (Å²) in [6, 6.07) is 2.03. The summed E-state index contributed by atoms with van der Waals surface area (Å²) >= 11 is 5.32. The van der Waals surface area contributed by atoms with Crippen molar-refractivity contribution in [3.05, 3.63) is 22.2 Å². The molecule has 0 amide bonds. The zero-order valence-corrected chi connectivity index (χ0v) is 12.2. The number of nitrogens with zero attached hydrogens (tertiary/aromatic N) is 2. The molecular formula is C14H21N3OS. The molecule has 0 aromatic carbocycles. The number of morpholine rings is 1. The van der Waals surface area contributed by atoms with Gasteiger partial charge in [-0.25, -0.2) is 4.98 Å². The van der Waals surface area contributed by atoms with Crippen LogP contribution in [0.25, 0.3) is 0 Å². The van der Waals surface area contributed by atoms with Crippen LogP contribution in [-0.2, 0) is 4.74 Å². The Bertz CT molecular complexity index is 496. The molecule has 1 aliphatic carbocycles. The van der Waals surface area contributed by atoms with Gasteiger partial charge in [-0.15, -0.1) is 0 Å². The van der Waals surface area contributed by atoms with Crippen molar-refractivity contribution in [1.29, 1.82) is 0 Å². The molecule has 1 aliphatic heterocycles. The van der Waals surface area contributed by atoms with Crippen molar-refractivity contribution in [1.82, 2.24) is 14.9 Å². The van der Waals surface area contributed by atoms with E-state index in [4.69, 9.17) is 17.0 Å². The Balaban J connectivity index is 1.86. The predicted molar refractivity (Wildman–Crippen MR) is 76.8 cm³/mol. The smallest absolute Gasteiger partial charge is 0.138 e. The summed E-state index contributed by atoms with van der Waals surface area (Å²) in [5.41, 5.74) is 1.25. The van der Waals surface area contributed by atoms with Crippen LogP contribution >= 0.6 is 12.2 Å². The van der Waals surface area contributed by atoms with Crippen LogP contribution in [0, 0.1) is 4.64 Å². The number of aromatic amines is 1. The van der Waals surface area contributed by atoms with Crippen molar-refractivity contribution in [2.75, 3.05) is 26.7 Å². The first-order valence-electron chi connectivity index (χ1n) is 7.13. The molecule has 1 aromatic rings. The number of rotatable bonds is 2.